The zero-order chi connectivity index (χ0) is 13.9. The molecular weight excluding hydrogens is 254 g/mol. The molecule has 1 aliphatic heterocycles. The van der Waals surface area contributed by atoms with Crippen LogP contribution in [-0.4, -0.2) is 51.0 Å². The SMILES string of the molecule is C[C@@H]1CNCCN1C(=O)c1ccc(-n2ccnc2)nc1. The summed E-state index contributed by atoms with van der Waals surface area (Å²) in [4.78, 5) is 22.6. The highest BCUT2D eigenvalue weighted by Crippen LogP contribution is 2.11. The Morgan fingerprint density at radius 1 is 1.45 bits per heavy atom. The van der Waals surface area contributed by atoms with E-state index >= 15 is 0 Å². The lowest BCUT2D eigenvalue weighted by Gasteiger charge is -2.33. The monoisotopic (exact) mass is 271 g/mol. The first-order chi connectivity index (χ1) is 9.75. The van der Waals surface area contributed by atoms with Crippen molar-refractivity contribution in [1.82, 2.24) is 24.8 Å². The van der Waals surface area contributed by atoms with E-state index in [4.69, 9.17) is 0 Å². The molecule has 6 nitrogen and oxygen atoms in total. The number of aromatic nitrogens is 3. The van der Waals surface area contributed by atoms with Gasteiger partial charge in [-0.3, -0.25) is 9.36 Å². The summed E-state index contributed by atoms with van der Waals surface area (Å²) in [6.07, 6.45) is 6.83. The van der Waals surface area contributed by atoms with Gasteiger partial charge in [-0.15, -0.1) is 0 Å². The highest BCUT2D eigenvalue weighted by Gasteiger charge is 2.24. The molecule has 0 saturated carbocycles. The van der Waals surface area contributed by atoms with E-state index in [1.165, 1.54) is 0 Å². The molecule has 3 rings (SSSR count). The summed E-state index contributed by atoms with van der Waals surface area (Å²) >= 11 is 0. The van der Waals surface area contributed by atoms with E-state index < -0.39 is 0 Å². The van der Waals surface area contributed by atoms with Crippen molar-refractivity contribution in [2.75, 3.05) is 19.6 Å². The van der Waals surface area contributed by atoms with Crippen molar-refractivity contribution in [2.24, 2.45) is 0 Å². The summed E-state index contributed by atoms with van der Waals surface area (Å²) in [6, 6.07) is 3.87. The Hall–Kier alpha value is -2.21. The second-order valence-corrected chi connectivity index (χ2v) is 4.93. The molecule has 2 aromatic rings. The van der Waals surface area contributed by atoms with Crippen LogP contribution in [0.1, 0.15) is 17.3 Å². The second-order valence-electron chi connectivity index (χ2n) is 4.93. The van der Waals surface area contributed by atoms with Crippen LogP contribution in [0.5, 0.6) is 0 Å². The predicted molar refractivity (Wildman–Crippen MR) is 74.7 cm³/mol. The molecule has 6 heteroatoms. The first kappa shape index (κ1) is 12.8. The number of carbonyl (C=O) groups excluding carboxylic acids is 1. The van der Waals surface area contributed by atoms with Crippen LogP contribution in [0.2, 0.25) is 0 Å². The van der Waals surface area contributed by atoms with Crippen LogP contribution in [0.3, 0.4) is 0 Å². The van der Waals surface area contributed by atoms with Gasteiger partial charge in [0, 0.05) is 44.3 Å². The van der Waals surface area contributed by atoms with Crippen LogP contribution in [0.15, 0.2) is 37.1 Å². The number of imidazole rings is 1. The highest BCUT2D eigenvalue weighted by atomic mass is 16.2. The average molecular weight is 271 g/mol. The maximum absolute atomic E-state index is 12.4. The maximum atomic E-state index is 12.4. The van der Waals surface area contributed by atoms with Crippen molar-refractivity contribution in [2.45, 2.75) is 13.0 Å². The molecule has 1 saturated heterocycles. The summed E-state index contributed by atoms with van der Waals surface area (Å²) in [5.74, 6) is 0.802. The number of rotatable bonds is 2. The highest BCUT2D eigenvalue weighted by molar-refractivity contribution is 5.94. The number of nitrogens with zero attached hydrogens (tertiary/aromatic N) is 4. The van der Waals surface area contributed by atoms with Crippen LogP contribution in [0, 0.1) is 0 Å². The second kappa shape index (κ2) is 5.42. The van der Waals surface area contributed by atoms with Gasteiger partial charge in [-0.1, -0.05) is 0 Å². The minimum atomic E-state index is 0.0451. The van der Waals surface area contributed by atoms with E-state index in [0.717, 1.165) is 25.5 Å². The molecule has 1 fully saturated rings. The lowest BCUT2D eigenvalue weighted by atomic mass is 10.1. The molecule has 2 aromatic heterocycles. The number of amides is 1. The minimum Gasteiger partial charge on any atom is -0.333 e. The van der Waals surface area contributed by atoms with Gasteiger partial charge in [0.25, 0.3) is 5.91 Å². The molecule has 1 atom stereocenters. The molecule has 0 spiro atoms. The Kier molecular flexibility index (Phi) is 3.47. The van der Waals surface area contributed by atoms with E-state index in [-0.39, 0.29) is 11.9 Å². The number of carbonyl (C=O) groups is 1. The van der Waals surface area contributed by atoms with Crippen molar-refractivity contribution in [1.29, 1.82) is 0 Å². The van der Waals surface area contributed by atoms with E-state index in [9.17, 15) is 4.79 Å². The summed E-state index contributed by atoms with van der Waals surface area (Å²) in [6.45, 7) is 4.48. The summed E-state index contributed by atoms with van der Waals surface area (Å²) in [5.41, 5.74) is 0.627. The third-order valence-corrected chi connectivity index (χ3v) is 3.53. The molecule has 0 bridgehead atoms. The first-order valence-corrected chi connectivity index (χ1v) is 6.72. The Morgan fingerprint density at radius 3 is 3.00 bits per heavy atom. The van der Waals surface area contributed by atoms with Gasteiger partial charge >= 0.3 is 0 Å². The van der Waals surface area contributed by atoms with E-state index in [1.54, 1.807) is 18.7 Å². The van der Waals surface area contributed by atoms with Gasteiger partial charge in [0.05, 0.1) is 5.56 Å². The fourth-order valence-electron chi connectivity index (χ4n) is 2.37. The Bertz CT molecular complexity index is 578. The zero-order valence-corrected chi connectivity index (χ0v) is 11.4. The van der Waals surface area contributed by atoms with E-state index in [1.807, 2.05) is 27.8 Å². The topological polar surface area (TPSA) is 63.1 Å². The number of hydrogen-bond donors (Lipinski definition) is 1. The van der Waals surface area contributed by atoms with Gasteiger partial charge in [0.2, 0.25) is 0 Å². The van der Waals surface area contributed by atoms with Crippen molar-refractivity contribution in [3.05, 3.63) is 42.6 Å². The fraction of sp³-hybridized carbons (Fsp3) is 0.357. The quantitative estimate of drug-likeness (QED) is 0.873. The van der Waals surface area contributed by atoms with Crippen molar-refractivity contribution in [3.8, 4) is 5.82 Å². The van der Waals surface area contributed by atoms with Gasteiger partial charge in [0.15, 0.2) is 0 Å². The van der Waals surface area contributed by atoms with E-state index in [2.05, 4.69) is 22.2 Å². The predicted octanol–water partition coefficient (Wildman–Crippen LogP) is 0.701. The fourth-order valence-corrected chi connectivity index (χ4v) is 2.37. The Balaban J connectivity index is 1.78. The molecule has 0 aromatic carbocycles. The molecule has 104 valence electrons. The van der Waals surface area contributed by atoms with Crippen LogP contribution < -0.4 is 5.32 Å². The van der Waals surface area contributed by atoms with Crippen molar-refractivity contribution >= 4 is 5.91 Å². The molecule has 0 radical (unpaired) electrons. The van der Waals surface area contributed by atoms with Gasteiger partial charge in [-0.2, -0.15) is 0 Å². The molecule has 1 aliphatic rings. The Labute approximate surface area is 117 Å². The lowest BCUT2D eigenvalue weighted by molar-refractivity contribution is 0.0655. The smallest absolute Gasteiger partial charge is 0.255 e. The molecule has 3 heterocycles. The van der Waals surface area contributed by atoms with Crippen LogP contribution >= 0.6 is 0 Å². The largest absolute Gasteiger partial charge is 0.333 e. The molecule has 0 aliphatic carbocycles. The van der Waals surface area contributed by atoms with Gasteiger partial charge in [-0.05, 0) is 19.1 Å². The summed E-state index contributed by atoms with van der Waals surface area (Å²) < 4.78 is 1.81. The number of hydrogen-bond acceptors (Lipinski definition) is 4. The van der Waals surface area contributed by atoms with Crippen LogP contribution in [0.25, 0.3) is 5.82 Å². The minimum absolute atomic E-state index is 0.0451. The van der Waals surface area contributed by atoms with E-state index in [0.29, 0.717) is 5.56 Å². The van der Waals surface area contributed by atoms with Crippen molar-refractivity contribution in [3.63, 3.8) is 0 Å². The molecular formula is C14H17N5O. The Morgan fingerprint density at radius 2 is 2.35 bits per heavy atom. The number of piperazine rings is 1. The lowest BCUT2D eigenvalue weighted by Crippen LogP contribution is -2.52. The zero-order valence-electron chi connectivity index (χ0n) is 11.4. The normalized spacial score (nSPS) is 19.1. The molecule has 1 N–H and O–H groups in total. The first-order valence-electron chi connectivity index (χ1n) is 6.72. The third kappa shape index (κ3) is 2.42. The number of pyridine rings is 1. The standard InChI is InChI=1S/C14H17N5O/c1-11-8-15-5-7-19(11)14(20)12-2-3-13(17-9-12)18-6-4-16-10-18/h2-4,6,9-11,15H,5,7-8H2,1H3/t11-/m1/s1. The summed E-state index contributed by atoms with van der Waals surface area (Å²) in [7, 11) is 0. The number of nitrogens with one attached hydrogen (secondary N) is 1. The van der Waals surface area contributed by atoms with Crippen molar-refractivity contribution < 1.29 is 4.79 Å². The van der Waals surface area contributed by atoms with Gasteiger partial charge in [0.1, 0.15) is 12.1 Å². The maximum Gasteiger partial charge on any atom is 0.255 e. The summed E-state index contributed by atoms with van der Waals surface area (Å²) in [5, 5.41) is 3.28. The van der Waals surface area contributed by atoms with Gasteiger partial charge in [-0.25, -0.2) is 9.97 Å². The average Bonchev–Trinajstić information content (AvgIpc) is 3.01. The molecule has 1 amide bonds. The molecule has 20 heavy (non-hydrogen) atoms. The van der Waals surface area contributed by atoms with Gasteiger partial charge < -0.3 is 10.2 Å². The van der Waals surface area contributed by atoms with Crippen LogP contribution in [0.4, 0.5) is 0 Å². The third-order valence-electron chi connectivity index (χ3n) is 3.53. The molecule has 0 unspecified atom stereocenters. The van der Waals surface area contributed by atoms with Crippen LogP contribution in [-0.2, 0) is 0 Å².